The Bertz CT molecular complexity index is 482. The minimum absolute atomic E-state index is 0.598. The molecule has 2 heterocycles. The molecule has 4 nitrogen and oxygen atoms in total. The summed E-state index contributed by atoms with van der Waals surface area (Å²) < 4.78 is 0.756. The lowest BCUT2D eigenvalue weighted by molar-refractivity contribution is 0.849. The van der Waals surface area contributed by atoms with Crippen LogP contribution in [0.3, 0.4) is 0 Å². The fraction of sp³-hybridized carbons (Fsp3) is 0.273. The maximum atomic E-state index is 5.88. The van der Waals surface area contributed by atoms with E-state index < -0.39 is 0 Å². The molecule has 90 valence electrons. The largest absolute Gasteiger partial charge is 0.357 e. The van der Waals surface area contributed by atoms with Gasteiger partial charge in [-0.2, -0.15) is 0 Å². The van der Waals surface area contributed by atoms with Gasteiger partial charge in [0.25, 0.3) is 0 Å². The van der Waals surface area contributed by atoms with E-state index in [4.69, 9.17) is 17.3 Å². The van der Waals surface area contributed by atoms with Crippen molar-refractivity contribution in [2.24, 2.45) is 5.73 Å². The van der Waals surface area contributed by atoms with Gasteiger partial charge >= 0.3 is 0 Å². The first kappa shape index (κ1) is 12.3. The smallest absolute Gasteiger partial charge is 0.151 e. The van der Waals surface area contributed by atoms with Crippen LogP contribution in [0.1, 0.15) is 0 Å². The van der Waals surface area contributed by atoms with E-state index in [-0.39, 0.29) is 0 Å². The van der Waals surface area contributed by atoms with Crippen molar-refractivity contribution in [3.63, 3.8) is 0 Å². The Morgan fingerprint density at radius 2 is 2.12 bits per heavy atom. The third-order valence-electron chi connectivity index (χ3n) is 2.33. The molecule has 2 aromatic rings. The summed E-state index contributed by atoms with van der Waals surface area (Å²) in [5, 5.41) is 8.35. The zero-order valence-electron chi connectivity index (χ0n) is 9.43. The minimum Gasteiger partial charge on any atom is -0.357 e. The minimum atomic E-state index is 0.598. The normalized spacial score (nSPS) is 10.5. The molecule has 0 bridgehead atoms. The lowest BCUT2D eigenvalue weighted by atomic mass is 10.3. The molecule has 2 rings (SSSR count). The number of nitrogens with zero attached hydrogens (tertiary/aromatic N) is 3. The molecule has 0 saturated carbocycles. The Morgan fingerprint density at radius 3 is 2.65 bits per heavy atom. The fourth-order valence-electron chi connectivity index (χ4n) is 1.42. The summed E-state index contributed by atoms with van der Waals surface area (Å²) in [6, 6.07) is 7.68. The van der Waals surface area contributed by atoms with Crippen molar-refractivity contribution in [2.45, 2.75) is 0 Å². The van der Waals surface area contributed by atoms with E-state index in [0.29, 0.717) is 6.54 Å². The average molecular weight is 269 g/mol. The van der Waals surface area contributed by atoms with Crippen molar-refractivity contribution in [1.82, 2.24) is 10.2 Å². The number of rotatable bonds is 4. The molecule has 2 aromatic heterocycles. The van der Waals surface area contributed by atoms with E-state index in [1.54, 1.807) is 0 Å². The molecule has 0 unspecified atom stereocenters. The van der Waals surface area contributed by atoms with E-state index in [1.807, 2.05) is 36.2 Å². The number of hydrogen-bond donors (Lipinski definition) is 1. The molecule has 0 amide bonds. The fourth-order valence-corrected chi connectivity index (χ4v) is 2.43. The molecule has 17 heavy (non-hydrogen) atoms. The highest BCUT2D eigenvalue weighted by Gasteiger charge is 2.06. The van der Waals surface area contributed by atoms with Crippen LogP contribution < -0.4 is 10.6 Å². The van der Waals surface area contributed by atoms with Gasteiger partial charge in [-0.25, -0.2) is 0 Å². The number of aromatic nitrogens is 2. The van der Waals surface area contributed by atoms with Crippen LogP contribution in [0.4, 0.5) is 5.82 Å². The van der Waals surface area contributed by atoms with Crippen LogP contribution >= 0.6 is 22.9 Å². The number of thiophene rings is 1. The first-order valence-electron chi connectivity index (χ1n) is 5.21. The number of halogens is 1. The van der Waals surface area contributed by atoms with Gasteiger partial charge in [0.15, 0.2) is 5.82 Å². The van der Waals surface area contributed by atoms with Crippen LogP contribution in [-0.2, 0) is 0 Å². The molecule has 0 spiro atoms. The maximum absolute atomic E-state index is 5.88. The summed E-state index contributed by atoms with van der Waals surface area (Å²) in [6.45, 7) is 1.36. The lowest BCUT2D eigenvalue weighted by Gasteiger charge is -2.15. The van der Waals surface area contributed by atoms with Gasteiger partial charge in [-0.1, -0.05) is 11.6 Å². The van der Waals surface area contributed by atoms with Crippen LogP contribution in [-0.4, -0.2) is 30.3 Å². The Hall–Kier alpha value is -1.17. The van der Waals surface area contributed by atoms with E-state index >= 15 is 0 Å². The first-order chi connectivity index (χ1) is 8.20. The van der Waals surface area contributed by atoms with Crippen molar-refractivity contribution in [1.29, 1.82) is 0 Å². The van der Waals surface area contributed by atoms with E-state index in [2.05, 4.69) is 10.2 Å². The highest BCUT2D eigenvalue weighted by molar-refractivity contribution is 7.19. The standard InChI is InChI=1S/C11H13ClN4S/c1-16(7-6-13)11-5-2-8(14-15-11)9-3-4-10(12)17-9/h2-5H,6-7,13H2,1H3. The van der Waals surface area contributed by atoms with Crippen LogP contribution in [0.25, 0.3) is 10.6 Å². The first-order valence-corrected chi connectivity index (χ1v) is 6.41. The molecule has 0 saturated heterocycles. The lowest BCUT2D eigenvalue weighted by Crippen LogP contribution is -2.25. The van der Waals surface area contributed by atoms with Crippen molar-refractivity contribution in [3.8, 4) is 10.6 Å². The van der Waals surface area contributed by atoms with Crippen LogP contribution in [0.5, 0.6) is 0 Å². The Labute approximate surface area is 109 Å². The summed E-state index contributed by atoms with van der Waals surface area (Å²) >= 11 is 7.38. The Balaban J connectivity index is 2.18. The predicted octanol–water partition coefficient (Wildman–Crippen LogP) is 2.25. The van der Waals surface area contributed by atoms with Gasteiger partial charge in [0.1, 0.15) is 5.69 Å². The molecule has 6 heteroatoms. The van der Waals surface area contributed by atoms with Gasteiger partial charge < -0.3 is 10.6 Å². The van der Waals surface area contributed by atoms with Crippen molar-refractivity contribution in [3.05, 3.63) is 28.6 Å². The molecular formula is C11H13ClN4S. The van der Waals surface area contributed by atoms with Gasteiger partial charge in [0, 0.05) is 20.1 Å². The van der Waals surface area contributed by atoms with Crippen molar-refractivity contribution >= 4 is 28.8 Å². The number of anilines is 1. The third kappa shape index (κ3) is 2.94. The Morgan fingerprint density at radius 1 is 1.29 bits per heavy atom. The quantitative estimate of drug-likeness (QED) is 0.924. The monoisotopic (exact) mass is 268 g/mol. The summed E-state index contributed by atoms with van der Waals surface area (Å²) in [4.78, 5) is 2.99. The van der Waals surface area contributed by atoms with Crippen LogP contribution in [0.15, 0.2) is 24.3 Å². The molecule has 0 aliphatic carbocycles. The summed E-state index contributed by atoms with van der Waals surface area (Å²) in [6.07, 6.45) is 0. The third-order valence-corrected chi connectivity index (χ3v) is 3.59. The number of hydrogen-bond acceptors (Lipinski definition) is 5. The summed E-state index contributed by atoms with van der Waals surface area (Å²) in [7, 11) is 1.94. The van der Waals surface area contributed by atoms with Gasteiger partial charge in [0.2, 0.25) is 0 Å². The van der Waals surface area contributed by atoms with E-state index in [1.165, 1.54) is 11.3 Å². The average Bonchev–Trinajstić information content (AvgIpc) is 2.76. The SMILES string of the molecule is CN(CCN)c1ccc(-c2ccc(Cl)s2)nn1. The molecule has 0 radical (unpaired) electrons. The molecule has 0 atom stereocenters. The molecule has 0 aliphatic rings. The zero-order valence-corrected chi connectivity index (χ0v) is 11.0. The van der Waals surface area contributed by atoms with E-state index in [0.717, 1.165) is 27.3 Å². The van der Waals surface area contributed by atoms with Crippen molar-refractivity contribution < 1.29 is 0 Å². The Kier molecular flexibility index (Phi) is 3.93. The molecular weight excluding hydrogens is 256 g/mol. The van der Waals surface area contributed by atoms with Gasteiger partial charge in [-0.05, 0) is 24.3 Å². The van der Waals surface area contributed by atoms with Crippen molar-refractivity contribution in [2.75, 3.05) is 25.0 Å². The summed E-state index contributed by atoms with van der Waals surface area (Å²) in [5.74, 6) is 0.821. The van der Waals surface area contributed by atoms with Crippen LogP contribution in [0, 0.1) is 0 Å². The topological polar surface area (TPSA) is 55.0 Å². The van der Waals surface area contributed by atoms with Gasteiger partial charge in [0.05, 0.1) is 9.21 Å². The number of likely N-dealkylation sites (N-methyl/N-ethyl adjacent to an activating group) is 1. The molecule has 0 aromatic carbocycles. The van der Waals surface area contributed by atoms with Gasteiger partial charge in [-0.15, -0.1) is 21.5 Å². The second-order valence-electron chi connectivity index (χ2n) is 3.59. The highest BCUT2D eigenvalue weighted by Crippen LogP contribution is 2.29. The zero-order chi connectivity index (χ0) is 12.3. The molecule has 0 fully saturated rings. The molecule has 0 aliphatic heterocycles. The van der Waals surface area contributed by atoms with Crippen LogP contribution in [0.2, 0.25) is 4.34 Å². The number of nitrogens with two attached hydrogens (primary N) is 1. The maximum Gasteiger partial charge on any atom is 0.151 e. The van der Waals surface area contributed by atoms with Gasteiger partial charge in [-0.3, -0.25) is 0 Å². The highest BCUT2D eigenvalue weighted by atomic mass is 35.5. The van der Waals surface area contributed by atoms with E-state index in [9.17, 15) is 0 Å². The second kappa shape index (κ2) is 5.44. The second-order valence-corrected chi connectivity index (χ2v) is 5.31. The predicted molar refractivity (Wildman–Crippen MR) is 72.7 cm³/mol. The molecule has 2 N–H and O–H groups in total. The summed E-state index contributed by atoms with van der Waals surface area (Å²) in [5.41, 5.74) is 6.33.